The molecule has 1 fully saturated rings. The SMILES string of the molecule is Cc1nc2c3ccccc3nc(N[C@H](c3nc(C4CC4)no3)C(C)C)n2n1. The molecule has 8 nitrogen and oxygen atoms in total. The van der Waals surface area contributed by atoms with E-state index < -0.39 is 0 Å². The Morgan fingerprint density at radius 2 is 1.96 bits per heavy atom. The second-order valence-corrected chi connectivity index (χ2v) is 7.48. The molecule has 4 aromatic rings. The second kappa shape index (κ2) is 6.00. The van der Waals surface area contributed by atoms with Crippen LogP contribution in [0.5, 0.6) is 0 Å². The summed E-state index contributed by atoms with van der Waals surface area (Å²) in [6.45, 7) is 6.11. The number of nitrogens with one attached hydrogen (secondary N) is 1. The average Bonchev–Trinajstić information content (AvgIpc) is 3.25. The van der Waals surface area contributed by atoms with Crippen molar-refractivity contribution in [2.45, 2.75) is 45.6 Å². The first-order valence-corrected chi connectivity index (χ1v) is 9.32. The highest BCUT2D eigenvalue weighted by atomic mass is 16.5. The maximum Gasteiger partial charge on any atom is 0.249 e. The van der Waals surface area contributed by atoms with E-state index in [1.54, 1.807) is 4.52 Å². The van der Waals surface area contributed by atoms with Crippen molar-refractivity contribution in [1.82, 2.24) is 29.7 Å². The first kappa shape index (κ1) is 16.2. The normalized spacial score (nSPS) is 15.7. The summed E-state index contributed by atoms with van der Waals surface area (Å²) in [4.78, 5) is 14.0. The molecule has 3 aromatic heterocycles. The Kier molecular flexibility index (Phi) is 3.60. The van der Waals surface area contributed by atoms with Gasteiger partial charge in [-0.2, -0.15) is 9.50 Å². The maximum absolute atomic E-state index is 5.57. The summed E-state index contributed by atoms with van der Waals surface area (Å²) in [5.41, 5.74) is 1.65. The van der Waals surface area contributed by atoms with E-state index >= 15 is 0 Å². The van der Waals surface area contributed by atoms with Crippen LogP contribution in [-0.2, 0) is 0 Å². The number of hydrogen-bond acceptors (Lipinski definition) is 7. The van der Waals surface area contributed by atoms with Crippen molar-refractivity contribution < 1.29 is 4.52 Å². The van der Waals surface area contributed by atoms with Gasteiger partial charge < -0.3 is 9.84 Å². The quantitative estimate of drug-likeness (QED) is 0.578. The fourth-order valence-corrected chi connectivity index (χ4v) is 3.29. The molecular weight excluding hydrogens is 342 g/mol. The lowest BCUT2D eigenvalue weighted by atomic mass is 10.0. The lowest BCUT2D eigenvalue weighted by molar-refractivity contribution is 0.332. The highest BCUT2D eigenvalue weighted by molar-refractivity contribution is 5.92. The number of aromatic nitrogens is 6. The van der Waals surface area contributed by atoms with Crippen molar-refractivity contribution in [2.75, 3.05) is 5.32 Å². The van der Waals surface area contributed by atoms with Gasteiger partial charge in [-0.25, -0.2) is 9.97 Å². The zero-order chi connectivity index (χ0) is 18.5. The van der Waals surface area contributed by atoms with Crippen molar-refractivity contribution >= 4 is 22.5 Å². The van der Waals surface area contributed by atoms with Crippen molar-refractivity contribution in [3.63, 3.8) is 0 Å². The molecule has 27 heavy (non-hydrogen) atoms. The van der Waals surface area contributed by atoms with Gasteiger partial charge in [0.25, 0.3) is 0 Å². The third-order valence-corrected chi connectivity index (χ3v) is 4.90. The standard InChI is InChI=1S/C19H21N7O/c1-10(2)15(18-23-16(25-27-18)12-8-9-12)22-19-21-14-7-5-4-6-13(14)17-20-11(3)24-26(17)19/h4-7,10,12,15H,8-9H2,1-3H3,(H,21,22)/t15-/m0/s1. The van der Waals surface area contributed by atoms with Gasteiger partial charge in [-0.1, -0.05) is 31.1 Å². The first-order valence-electron chi connectivity index (χ1n) is 9.32. The molecule has 1 atom stereocenters. The van der Waals surface area contributed by atoms with Gasteiger partial charge in [0.05, 0.1) is 5.52 Å². The zero-order valence-electron chi connectivity index (χ0n) is 15.5. The lowest BCUT2D eigenvalue weighted by Crippen LogP contribution is -2.20. The van der Waals surface area contributed by atoms with Gasteiger partial charge in [0.15, 0.2) is 11.5 Å². The summed E-state index contributed by atoms with van der Waals surface area (Å²) >= 11 is 0. The van der Waals surface area contributed by atoms with Crippen molar-refractivity contribution in [2.24, 2.45) is 5.92 Å². The maximum atomic E-state index is 5.57. The topological polar surface area (TPSA) is 94.0 Å². The fourth-order valence-electron chi connectivity index (χ4n) is 3.29. The van der Waals surface area contributed by atoms with Crippen LogP contribution in [-0.4, -0.2) is 29.7 Å². The van der Waals surface area contributed by atoms with Gasteiger partial charge in [0, 0.05) is 11.3 Å². The van der Waals surface area contributed by atoms with Crippen LogP contribution < -0.4 is 5.32 Å². The smallest absolute Gasteiger partial charge is 0.249 e. The molecule has 0 amide bonds. The number of benzene rings is 1. The van der Waals surface area contributed by atoms with Crippen LogP contribution in [0.1, 0.15) is 56.2 Å². The summed E-state index contributed by atoms with van der Waals surface area (Å²) < 4.78 is 7.32. The molecule has 138 valence electrons. The number of fused-ring (bicyclic) bond motifs is 3. The van der Waals surface area contributed by atoms with Crippen LogP contribution in [0.15, 0.2) is 28.8 Å². The summed E-state index contributed by atoms with van der Waals surface area (Å²) in [6.07, 6.45) is 2.29. The van der Waals surface area contributed by atoms with E-state index in [-0.39, 0.29) is 12.0 Å². The number of anilines is 1. The predicted molar refractivity (Wildman–Crippen MR) is 100 cm³/mol. The van der Waals surface area contributed by atoms with Crippen LogP contribution >= 0.6 is 0 Å². The summed E-state index contributed by atoms with van der Waals surface area (Å²) in [5, 5.41) is 13.1. The highest BCUT2D eigenvalue weighted by Crippen LogP contribution is 2.39. The van der Waals surface area contributed by atoms with Crippen molar-refractivity contribution in [3.05, 3.63) is 41.8 Å². The monoisotopic (exact) mass is 363 g/mol. The minimum Gasteiger partial charge on any atom is -0.342 e. The molecule has 3 heterocycles. The van der Waals surface area contributed by atoms with Crippen LogP contribution in [0.25, 0.3) is 16.6 Å². The summed E-state index contributed by atoms with van der Waals surface area (Å²) in [6, 6.07) is 7.78. The van der Waals surface area contributed by atoms with Crippen molar-refractivity contribution in [3.8, 4) is 0 Å². The molecular formula is C19H21N7O. The number of rotatable bonds is 5. The second-order valence-electron chi connectivity index (χ2n) is 7.48. The van der Waals surface area contributed by atoms with Crippen LogP contribution in [0.3, 0.4) is 0 Å². The molecule has 1 N–H and O–H groups in total. The van der Waals surface area contributed by atoms with Gasteiger partial charge in [-0.05, 0) is 37.8 Å². The number of nitrogens with zero attached hydrogens (tertiary/aromatic N) is 6. The van der Waals surface area contributed by atoms with Crippen LogP contribution in [0, 0.1) is 12.8 Å². The Morgan fingerprint density at radius 1 is 1.15 bits per heavy atom. The van der Waals surface area contributed by atoms with Gasteiger partial charge in [-0.3, -0.25) is 0 Å². The molecule has 1 saturated carbocycles. The van der Waals surface area contributed by atoms with E-state index in [0.717, 1.165) is 35.2 Å². The van der Waals surface area contributed by atoms with Gasteiger partial charge in [0.1, 0.15) is 11.9 Å². The minimum absolute atomic E-state index is 0.161. The fraction of sp³-hybridized carbons (Fsp3) is 0.421. The molecule has 1 aromatic carbocycles. The zero-order valence-corrected chi connectivity index (χ0v) is 15.5. The number of aryl methyl sites for hydroxylation is 1. The molecule has 0 saturated heterocycles. The molecule has 0 unspecified atom stereocenters. The third-order valence-electron chi connectivity index (χ3n) is 4.90. The minimum atomic E-state index is -0.161. The van der Waals surface area contributed by atoms with Crippen molar-refractivity contribution in [1.29, 1.82) is 0 Å². The van der Waals surface area contributed by atoms with Crippen LogP contribution in [0.2, 0.25) is 0 Å². The van der Waals surface area contributed by atoms with E-state index in [9.17, 15) is 0 Å². The summed E-state index contributed by atoms with van der Waals surface area (Å²) in [7, 11) is 0. The Labute approximate surface area is 156 Å². The largest absolute Gasteiger partial charge is 0.342 e. The Bertz CT molecular complexity index is 1130. The van der Waals surface area contributed by atoms with E-state index in [0.29, 0.717) is 23.6 Å². The molecule has 0 radical (unpaired) electrons. The molecule has 0 aliphatic heterocycles. The van der Waals surface area contributed by atoms with E-state index in [4.69, 9.17) is 9.51 Å². The van der Waals surface area contributed by atoms with Crippen LogP contribution in [0.4, 0.5) is 5.95 Å². The van der Waals surface area contributed by atoms with E-state index in [1.165, 1.54) is 0 Å². The van der Waals surface area contributed by atoms with Gasteiger partial charge in [0.2, 0.25) is 11.8 Å². The van der Waals surface area contributed by atoms with Gasteiger partial charge >= 0.3 is 0 Å². The molecule has 0 spiro atoms. The van der Waals surface area contributed by atoms with E-state index in [2.05, 4.69) is 39.4 Å². The molecule has 1 aliphatic rings. The Balaban J connectivity index is 1.59. The molecule has 1 aliphatic carbocycles. The first-order chi connectivity index (χ1) is 13.1. The third kappa shape index (κ3) is 2.81. The van der Waals surface area contributed by atoms with E-state index in [1.807, 2.05) is 31.2 Å². The average molecular weight is 363 g/mol. The molecule has 8 heteroatoms. The Hall–Kier alpha value is -3.03. The molecule has 0 bridgehead atoms. The Morgan fingerprint density at radius 3 is 2.74 bits per heavy atom. The highest BCUT2D eigenvalue weighted by Gasteiger charge is 2.31. The number of para-hydroxylation sites is 1. The number of hydrogen-bond donors (Lipinski definition) is 1. The lowest BCUT2D eigenvalue weighted by Gasteiger charge is -2.19. The predicted octanol–water partition coefficient (Wildman–Crippen LogP) is 3.66. The summed E-state index contributed by atoms with van der Waals surface area (Å²) in [5.74, 6) is 3.40. The molecule has 5 rings (SSSR count). The van der Waals surface area contributed by atoms with Gasteiger partial charge in [-0.15, -0.1) is 5.10 Å².